The summed E-state index contributed by atoms with van der Waals surface area (Å²) in [6.07, 6.45) is 7.83. The van der Waals surface area contributed by atoms with Gasteiger partial charge in [0, 0.05) is 25.7 Å². The van der Waals surface area contributed by atoms with Gasteiger partial charge in [0.15, 0.2) is 5.96 Å². The van der Waals surface area contributed by atoms with Gasteiger partial charge in [0.1, 0.15) is 0 Å². The molecule has 0 amide bonds. The van der Waals surface area contributed by atoms with Crippen molar-refractivity contribution < 1.29 is 0 Å². The number of hydrogen-bond donors (Lipinski definition) is 2. The van der Waals surface area contributed by atoms with Gasteiger partial charge in [0.2, 0.25) is 0 Å². The van der Waals surface area contributed by atoms with E-state index in [1.165, 1.54) is 38.5 Å². The average Bonchev–Trinajstić information content (AvgIpc) is 2.57. The molecule has 4 nitrogen and oxygen atoms in total. The zero-order valence-electron chi connectivity index (χ0n) is 11.0. The van der Waals surface area contributed by atoms with Crippen LogP contribution in [0.2, 0.25) is 0 Å². The fourth-order valence-corrected chi connectivity index (χ4v) is 2.80. The van der Waals surface area contributed by atoms with E-state index in [4.69, 9.17) is 10.7 Å². The van der Waals surface area contributed by atoms with E-state index in [1.807, 2.05) is 0 Å². The molecular weight excluding hydrogens is 212 g/mol. The number of nitrogens with two attached hydrogens (primary N) is 1. The van der Waals surface area contributed by atoms with E-state index in [0.29, 0.717) is 12.1 Å². The number of aliphatic imine (C=N–C) groups is 1. The predicted molar refractivity (Wildman–Crippen MR) is 72.2 cm³/mol. The average molecular weight is 238 g/mol. The van der Waals surface area contributed by atoms with Crippen LogP contribution < -0.4 is 11.1 Å². The van der Waals surface area contributed by atoms with Crippen molar-refractivity contribution in [3.8, 4) is 0 Å². The Morgan fingerprint density at radius 3 is 2.59 bits per heavy atom. The van der Waals surface area contributed by atoms with Crippen molar-refractivity contribution in [2.24, 2.45) is 10.7 Å². The summed E-state index contributed by atoms with van der Waals surface area (Å²) in [7, 11) is 0. The Morgan fingerprint density at radius 1 is 1.24 bits per heavy atom. The molecule has 0 bridgehead atoms. The highest BCUT2D eigenvalue weighted by atomic mass is 15.3. The molecule has 0 aromatic heterocycles. The first-order chi connectivity index (χ1) is 8.25. The van der Waals surface area contributed by atoms with Crippen molar-refractivity contribution >= 4 is 5.96 Å². The van der Waals surface area contributed by atoms with Gasteiger partial charge in [-0.25, -0.2) is 4.99 Å². The van der Waals surface area contributed by atoms with E-state index in [2.05, 4.69) is 17.1 Å². The van der Waals surface area contributed by atoms with Crippen LogP contribution in [0.25, 0.3) is 0 Å². The van der Waals surface area contributed by atoms with Crippen LogP contribution in [-0.4, -0.2) is 42.6 Å². The van der Waals surface area contributed by atoms with Gasteiger partial charge in [0.25, 0.3) is 0 Å². The van der Waals surface area contributed by atoms with Crippen LogP contribution in [-0.2, 0) is 0 Å². The molecule has 1 saturated heterocycles. The molecule has 2 rings (SSSR count). The highest BCUT2D eigenvalue weighted by molar-refractivity contribution is 5.78. The van der Waals surface area contributed by atoms with Crippen LogP contribution in [0.5, 0.6) is 0 Å². The monoisotopic (exact) mass is 238 g/mol. The maximum Gasteiger partial charge on any atom is 0.191 e. The largest absolute Gasteiger partial charge is 0.370 e. The summed E-state index contributed by atoms with van der Waals surface area (Å²) in [5, 5.41) is 3.43. The lowest BCUT2D eigenvalue weighted by Gasteiger charge is -2.33. The first-order valence-corrected chi connectivity index (χ1v) is 7.07. The molecule has 0 aromatic carbocycles. The van der Waals surface area contributed by atoms with Crippen molar-refractivity contribution in [1.82, 2.24) is 10.2 Å². The Labute approximate surface area is 105 Å². The minimum Gasteiger partial charge on any atom is -0.370 e. The van der Waals surface area contributed by atoms with Crippen molar-refractivity contribution in [2.45, 2.75) is 57.5 Å². The number of nitrogens with zero attached hydrogens (tertiary/aromatic N) is 2. The molecule has 0 aromatic rings. The molecule has 1 saturated carbocycles. The third-order valence-corrected chi connectivity index (χ3v) is 3.83. The van der Waals surface area contributed by atoms with Crippen molar-refractivity contribution in [2.75, 3.05) is 19.6 Å². The molecule has 1 atom stereocenters. The summed E-state index contributed by atoms with van der Waals surface area (Å²) >= 11 is 0. The summed E-state index contributed by atoms with van der Waals surface area (Å²) in [4.78, 5) is 6.97. The molecule has 1 heterocycles. The summed E-state index contributed by atoms with van der Waals surface area (Å²) in [5.41, 5.74) is 6.14. The van der Waals surface area contributed by atoms with Crippen molar-refractivity contribution in [1.29, 1.82) is 0 Å². The van der Waals surface area contributed by atoms with Crippen LogP contribution in [0.3, 0.4) is 0 Å². The minimum absolute atomic E-state index is 0.475. The van der Waals surface area contributed by atoms with Crippen LogP contribution >= 0.6 is 0 Å². The minimum atomic E-state index is 0.475. The zero-order chi connectivity index (χ0) is 12.1. The lowest BCUT2D eigenvalue weighted by molar-refractivity contribution is 0.299. The quantitative estimate of drug-likeness (QED) is 0.411. The molecule has 0 spiro atoms. The normalized spacial score (nSPS) is 29.1. The molecule has 1 unspecified atom stereocenters. The summed E-state index contributed by atoms with van der Waals surface area (Å²) in [5.74, 6) is 0.769. The van der Waals surface area contributed by atoms with Gasteiger partial charge < -0.3 is 16.0 Å². The smallest absolute Gasteiger partial charge is 0.191 e. The molecule has 2 fully saturated rings. The number of piperazine rings is 1. The summed E-state index contributed by atoms with van der Waals surface area (Å²) in [6.45, 7) is 5.20. The van der Waals surface area contributed by atoms with Gasteiger partial charge in [-0.05, 0) is 19.8 Å². The topological polar surface area (TPSA) is 53.6 Å². The SMILES string of the molecule is CC1CN(C(N)=NC2CCCCCC2)CCN1. The van der Waals surface area contributed by atoms with Crippen LogP contribution in [0.4, 0.5) is 0 Å². The first-order valence-electron chi connectivity index (χ1n) is 7.07. The Morgan fingerprint density at radius 2 is 1.94 bits per heavy atom. The van der Waals surface area contributed by atoms with Gasteiger partial charge in [-0.3, -0.25) is 0 Å². The van der Waals surface area contributed by atoms with Crippen LogP contribution in [0.1, 0.15) is 45.4 Å². The van der Waals surface area contributed by atoms with Crippen LogP contribution in [0.15, 0.2) is 4.99 Å². The molecule has 17 heavy (non-hydrogen) atoms. The molecule has 1 aliphatic carbocycles. The molecule has 98 valence electrons. The second-order valence-corrected chi connectivity index (χ2v) is 5.43. The Hall–Kier alpha value is -0.770. The lowest BCUT2D eigenvalue weighted by atomic mass is 10.1. The van der Waals surface area contributed by atoms with E-state index in [9.17, 15) is 0 Å². The zero-order valence-corrected chi connectivity index (χ0v) is 11.0. The molecular formula is C13H26N4. The number of guanidine groups is 1. The summed E-state index contributed by atoms with van der Waals surface area (Å²) < 4.78 is 0. The molecule has 4 heteroatoms. The van der Waals surface area contributed by atoms with E-state index < -0.39 is 0 Å². The second-order valence-electron chi connectivity index (χ2n) is 5.43. The Kier molecular flexibility index (Phi) is 4.66. The number of nitrogens with one attached hydrogen (secondary N) is 1. The molecule has 0 radical (unpaired) electrons. The van der Waals surface area contributed by atoms with E-state index in [1.54, 1.807) is 0 Å². The number of hydrogen-bond acceptors (Lipinski definition) is 2. The van der Waals surface area contributed by atoms with E-state index in [0.717, 1.165) is 25.6 Å². The van der Waals surface area contributed by atoms with Gasteiger partial charge in [-0.15, -0.1) is 0 Å². The summed E-state index contributed by atoms with van der Waals surface area (Å²) in [6, 6.07) is 0.995. The fraction of sp³-hybridized carbons (Fsp3) is 0.923. The third kappa shape index (κ3) is 3.87. The van der Waals surface area contributed by atoms with Crippen LogP contribution in [0, 0.1) is 0 Å². The Balaban J connectivity index is 1.90. The van der Waals surface area contributed by atoms with E-state index in [-0.39, 0.29) is 0 Å². The highest BCUT2D eigenvalue weighted by Crippen LogP contribution is 2.19. The van der Waals surface area contributed by atoms with Crippen molar-refractivity contribution in [3.05, 3.63) is 0 Å². The first kappa shape index (κ1) is 12.7. The second kappa shape index (κ2) is 6.24. The lowest BCUT2D eigenvalue weighted by Crippen LogP contribution is -2.53. The number of rotatable bonds is 1. The molecule has 2 aliphatic rings. The molecule has 3 N–H and O–H groups in total. The predicted octanol–water partition coefficient (Wildman–Crippen LogP) is 1.32. The van der Waals surface area contributed by atoms with Gasteiger partial charge >= 0.3 is 0 Å². The molecule has 1 aliphatic heterocycles. The fourth-order valence-electron chi connectivity index (χ4n) is 2.80. The Bertz CT molecular complexity index is 256. The van der Waals surface area contributed by atoms with Gasteiger partial charge in [0.05, 0.1) is 6.04 Å². The highest BCUT2D eigenvalue weighted by Gasteiger charge is 2.18. The van der Waals surface area contributed by atoms with Crippen molar-refractivity contribution in [3.63, 3.8) is 0 Å². The third-order valence-electron chi connectivity index (χ3n) is 3.83. The van der Waals surface area contributed by atoms with E-state index >= 15 is 0 Å². The maximum absolute atomic E-state index is 6.14. The van der Waals surface area contributed by atoms with Gasteiger partial charge in [-0.1, -0.05) is 25.7 Å². The standard InChI is InChI=1S/C13H26N4/c1-11-10-17(9-8-15-11)13(14)16-12-6-4-2-3-5-7-12/h11-12,15H,2-10H2,1H3,(H2,14,16). The maximum atomic E-state index is 6.14. The van der Waals surface area contributed by atoms with Gasteiger partial charge in [-0.2, -0.15) is 0 Å².